The highest BCUT2D eigenvalue weighted by Crippen LogP contribution is 2.33. The molecule has 0 aliphatic carbocycles. The van der Waals surface area contributed by atoms with Gasteiger partial charge in [0.15, 0.2) is 11.7 Å². The van der Waals surface area contributed by atoms with Crippen LogP contribution < -0.4 is 5.73 Å². The second kappa shape index (κ2) is 6.60. The second-order valence-corrected chi connectivity index (χ2v) is 7.29. The molecule has 0 spiro atoms. The van der Waals surface area contributed by atoms with Crippen LogP contribution in [0.3, 0.4) is 0 Å². The number of carbonyl (C=O) groups excluding carboxylic acids is 2. The highest BCUT2D eigenvalue weighted by Gasteiger charge is 2.36. The number of guanidine groups is 1. The van der Waals surface area contributed by atoms with Gasteiger partial charge in [-0.25, -0.2) is 9.98 Å². The van der Waals surface area contributed by atoms with E-state index in [0.29, 0.717) is 5.69 Å². The molecule has 1 aromatic carbocycles. The first-order valence-corrected chi connectivity index (χ1v) is 9.03. The highest BCUT2D eigenvalue weighted by atomic mass is 16.2. The molecule has 0 bridgehead atoms. The predicted octanol–water partition coefficient (Wildman–Crippen LogP) is 2.15. The molecule has 0 saturated carbocycles. The average Bonchev–Trinajstić information content (AvgIpc) is 3.14. The summed E-state index contributed by atoms with van der Waals surface area (Å²) >= 11 is 0. The molecule has 3 aromatic rings. The zero-order valence-corrected chi connectivity index (χ0v) is 15.8. The van der Waals surface area contributed by atoms with Crippen molar-refractivity contribution >= 4 is 23.2 Å². The number of nitrogens with zero attached hydrogens (tertiary/aromatic N) is 4. The lowest BCUT2D eigenvalue weighted by molar-refractivity contribution is -0.128. The molecule has 28 heavy (non-hydrogen) atoms. The summed E-state index contributed by atoms with van der Waals surface area (Å²) in [6.07, 6.45) is 3.98. The summed E-state index contributed by atoms with van der Waals surface area (Å²) in [6, 6.07) is 13.2. The molecular weight excluding hydrogens is 354 g/mol. The van der Waals surface area contributed by atoms with Gasteiger partial charge in [-0.05, 0) is 36.2 Å². The van der Waals surface area contributed by atoms with Gasteiger partial charge in [-0.15, -0.1) is 0 Å². The highest BCUT2D eigenvalue weighted by molar-refractivity contribution is 5.99. The molecule has 0 radical (unpaired) electrons. The largest absolute Gasteiger partial charge is 0.369 e. The van der Waals surface area contributed by atoms with Gasteiger partial charge < -0.3 is 10.1 Å². The minimum atomic E-state index is -0.740. The van der Waals surface area contributed by atoms with Crippen LogP contribution in [0.15, 0.2) is 60.0 Å². The lowest BCUT2D eigenvalue weighted by Crippen LogP contribution is -2.47. The van der Waals surface area contributed by atoms with Crippen LogP contribution in [0.5, 0.6) is 0 Å². The molecule has 0 saturated heterocycles. The minimum absolute atomic E-state index is 0.0616. The Balaban J connectivity index is 1.60. The summed E-state index contributed by atoms with van der Waals surface area (Å²) in [5.74, 6) is 0.0552. The number of hydrogen-bond donors (Lipinski definition) is 1. The fourth-order valence-corrected chi connectivity index (χ4v) is 3.46. The Hall–Kier alpha value is -3.48. The first kappa shape index (κ1) is 17.9. The molecule has 7 nitrogen and oxygen atoms in total. The normalized spacial score (nSPS) is 19.7. The summed E-state index contributed by atoms with van der Waals surface area (Å²) in [5, 5.41) is 0. The maximum absolute atomic E-state index is 12.7. The molecule has 2 N–H and O–H groups in total. The van der Waals surface area contributed by atoms with Gasteiger partial charge >= 0.3 is 0 Å². The zero-order valence-electron chi connectivity index (χ0n) is 15.8. The van der Waals surface area contributed by atoms with Crippen molar-refractivity contribution in [1.29, 1.82) is 0 Å². The van der Waals surface area contributed by atoms with Crippen LogP contribution in [0, 0.1) is 0 Å². The monoisotopic (exact) mass is 375 g/mol. The second-order valence-electron chi connectivity index (χ2n) is 7.29. The third kappa shape index (κ3) is 3.15. The van der Waals surface area contributed by atoms with Crippen molar-refractivity contribution in [2.24, 2.45) is 10.7 Å². The maximum Gasteiger partial charge on any atom is 0.231 e. The Bertz CT molecular complexity index is 1120. The zero-order chi connectivity index (χ0) is 19.9. The van der Waals surface area contributed by atoms with Crippen molar-refractivity contribution in [3.63, 3.8) is 0 Å². The smallest absolute Gasteiger partial charge is 0.231 e. The number of fused-ring (bicyclic) bond motifs is 1. The van der Waals surface area contributed by atoms with E-state index >= 15 is 0 Å². The minimum Gasteiger partial charge on any atom is -0.369 e. The van der Waals surface area contributed by atoms with Crippen molar-refractivity contribution in [1.82, 2.24) is 14.3 Å². The van der Waals surface area contributed by atoms with Crippen molar-refractivity contribution < 1.29 is 9.59 Å². The molecule has 3 heterocycles. The molecule has 7 heteroatoms. The van der Waals surface area contributed by atoms with Crippen molar-refractivity contribution in [3.8, 4) is 0 Å². The molecule has 2 aromatic heterocycles. The Morgan fingerprint density at radius 3 is 2.86 bits per heavy atom. The van der Waals surface area contributed by atoms with Gasteiger partial charge in [0.25, 0.3) is 0 Å². The van der Waals surface area contributed by atoms with Crippen LogP contribution in [0.4, 0.5) is 0 Å². The van der Waals surface area contributed by atoms with Crippen LogP contribution in [0.2, 0.25) is 0 Å². The van der Waals surface area contributed by atoms with E-state index in [2.05, 4.69) is 9.98 Å². The fourth-order valence-electron chi connectivity index (χ4n) is 3.46. The van der Waals surface area contributed by atoms with E-state index in [0.717, 1.165) is 16.6 Å². The Kier molecular flexibility index (Phi) is 4.22. The summed E-state index contributed by atoms with van der Waals surface area (Å²) in [5.41, 5.74) is 8.23. The number of aliphatic imine (C=N–C) groups is 1. The summed E-state index contributed by atoms with van der Waals surface area (Å²) < 4.78 is 1.86. The molecule has 1 unspecified atom stereocenters. The topological polar surface area (TPSA) is 93.1 Å². The number of benzene rings is 1. The van der Waals surface area contributed by atoms with Crippen molar-refractivity contribution in [2.45, 2.75) is 25.3 Å². The number of aromatic nitrogens is 2. The maximum atomic E-state index is 12.7. The van der Waals surface area contributed by atoms with E-state index in [1.54, 1.807) is 19.4 Å². The van der Waals surface area contributed by atoms with Gasteiger partial charge in [0.05, 0.1) is 18.3 Å². The molecule has 1 aliphatic rings. The molecule has 1 amide bonds. The summed E-state index contributed by atoms with van der Waals surface area (Å²) in [7, 11) is 1.62. The van der Waals surface area contributed by atoms with E-state index in [9.17, 15) is 9.59 Å². The fraction of sp³-hybridized carbons (Fsp3) is 0.238. The number of rotatable bonds is 4. The molecule has 4 rings (SSSR count). The molecule has 0 fully saturated rings. The van der Waals surface area contributed by atoms with Gasteiger partial charge in [0.2, 0.25) is 5.91 Å². The number of ketones is 1. The number of amides is 1. The number of hydrogen-bond acceptors (Lipinski definition) is 5. The molecule has 142 valence electrons. The van der Waals surface area contributed by atoms with Crippen molar-refractivity contribution in [2.75, 3.05) is 7.05 Å². The van der Waals surface area contributed by atoms with Gasteiger partial charge in [-0.2, -0.15) is 0 Å². The van der Waals surface area contributed by atoms with Crippen LogP contribution in [0.1, 0.15) is 35.0 Å². The molecule has 1 atom stereocenters. The van der Waals surface area contributed by atoms with E-state index < -0.39 is 5.54 Å². The number of carbonyl (C=O) groups is 2. The third-order valence-corrected chi connectivity index (χ3v) is 5.19. The van der Waals surface area contributed by atoms with Gasteiger partial charge in [0, 0.05) is 25.2 Å². The third-order valence-electron chi connectivity index (χ3n) is 5.19. The summed E-state index contributed by atoms with van der Waals surface area (Å²) in [4.78, 5) is 35.1. The van der Waals surface area contributed by atoms with Crippen molar-refractivity contribution in [3.05, 3.63) is 71.8 Å². The Morgan fingerprint density at radius 1 is 1.25 bits per heavy atom. The van der Waals surface area contributed by atoms with E-state index in [4.69, 9.17) is 5.73 Å². The van der Waals surface area contributed by atoms with Gasteiger partial charge in [-0.3, -0.25) is 14.5 Å². The van der Waals surface area contributed by atoms with Gasteiger partial charge in [-0.1, -0.05) is 24.3 Å². The lowest BCUT2D eigenvalue weighted by Gasteiger charge is -2.33. The predicted molar refractivity (Wildman–Crippen MR) is 106 cm³/mol. The Morgan fingerprint density at radius 2 is 2.07 bits per heavy atom. The quantitative estimate of drug-likeness (QED) is 0.707. The SMILES string of the molecule is CN1C(=O)CC(C)(c2cccc(CC(=O)c3cc4cccn4cn3)c2)N=C1N. The molecular formula is C21H21N5O2. The van der Waals surface area contributed by atoms with E-state index in [-0.39, 0.29) is 30.5 Å². The summed E-state index contributed by atoms with van der Waals surface area (Å²) in [6.45, 7) is 1.88. The van der Waals surface area contributed by atoms with Gasteiger partial charge in [0.1, 0.15) is 5.69 Å². The average molecular weight is 375 g/mol. The first-order chi connectivity index (χ1) is 13.4. The Labute approximate surface area is 162 Å². The number of Topliss-reactive ketones (excluding diaryl/α,β-unsaturated/α-hetero) is 1. The lowest BCUT2D eigenvalue weighted by atomic mass is 9.86. The first-order valence-electron chi connectivity index (χ1n) is 9.03. The standard InChI is InChI=1S/C21H21N5O2/c1-21(12-19(28)25(2)20(22)24-21)15-6-3-5-14(9-15)10-18(27)17-11-16-7-4-8-26(16)13-23-17/h3-9,11,13H,10,12H2,1-2H3,(H2,22,24). The van der Waals surface area contributed by atoms with E-state index in [1.807, 2.05) is 53.9 Å². The van der Waals surface area contributed by atoms with Crippen LogP contribution in [-0.4, -0.2) is 39.0 Å². The van der Waals surface area contributed by atoms with Crippen LogP contribution >= 0.6 is 0 Å². The van der Waals surface area contributed by atoms with Crippen LogP contribution in [-0.2, 0) is 16.8 Å². The number of nitrogens with two attached hydrogens (primary N) is 1. The van der Waals surface area contributed by atoms with E-state index in [1.165, 1.54) is 4.90 Å². The molecule has 1 aliphatic heterocycles. The van der Waals surface area contributed by atoms with Crippen LogP contribution in [0.25, 0.3) is 5.52 Å².